The fraction of sp³-hybridized carbons (Fsp3) is 0.500. The Labute approximate surface area is 244 Å². The van der Waals surface area contributed by atoms with Crippen LogP contribution >= 0.6 is 0 Å². The maximum Gasteiger partial charge on any atom is 0.639 e. The molecule has 0 amide bonds. The molecule has 3 nitrogen and oxygen atoms in total. The van der Waals surface area contributed by atoms with Crippen molar-refractivity contribution in [3.05, 3.63) is 108 Å². The van der Waals surface area contributed by atoms with E-state index >= 15 is 0 Å². The lowest BCUT2D eigenvalue weighted by atomic mass is 10.1. The highest BCUT2D eigenvalue weighted by atomic mass is 16.7. The quantitative estimate of drug-likeness (QED) is 0.0834. The number of unbranched alkanes of at least 4 members (excludes halogenated alkanes) is 9. The highest BCUT2D eigenvalue weighted by Gasteiger charge is 2.20. The van der Waals surface area contributed by atoms with E-state index in [0.29, 0.717) is 19.8 Å². The van der Waals surface area contributed by atoms with Crippen molar-refractivity contribution in [2.45, 2.75) is 96.3 Å². The molecule has 3 aromatic rings. The van der Waals surface area contributed by atoms with Crippen LogP contribution in [0.25, 0.3) is 0 Å². The first-order valence-electron chi connectivity index (χ1n) is 15.9. The first-order valence-corrected chi connectivity index (χ1v) is 15.9. The highest BCUT2D eigenvalue weighted by Crippen LogP contribution is 2.11. The summed E-state index contributed by atoms with van der Waals surface area (Å²) in [5.41, 5.74) is 4.29. The second kappa shape index (κ2) is 22.3. The average molecular weight is 543 g/mol. The SMILES string of the molecule is c1ccc(CCCCCCOB(OCCCCCCc2ccccc2)OCCCCCCc2ccccc2)cc1. The zero-order valence-corrected chi connectivity index (χ0v) is 24.7. The van der Waals surface area contributed by atoms with Crippen LogP contribution < -0.4 is 0 Å². The maximum atomic E-state index is 6.03. The lowest BCUT2D eigenvalue weighted by Crippen LogP contribution is -2.28. The molecule has 0 aliphatic rings. The van der Waals surface area contributed by atoms with Crippen LogP contribution in [-0.2, 0) is 33.2 Å². The van der Waals surface area contributed by atoms with Crippen LogP contribution in [0.1, 0.15) is 93.7 Å². The maximum absolute atomic E-state index is 6.03. The molecule has 0 spiro atoms. The van der Waals surface area contributed by atoms with Gasteiger partial charge in [0.15, 0.2) is 0 Å². The van der Waals surface area contributed by atoms with Crippen molar-refractivity contribution in [3.8, 4) is 0 Å². The summed E-state index contributed by atoms with van der Waals surface area (Å²) < 4.78 is 18.1. The van der Waals surface area contributed by atoms with Gasteiger partial charge in [-0.1, -0.05) is 130 Å². The van der Waals surface area contributed by atoms with Crippen molar-refractivity contribution < 1.29 is 14.0 Å². The zero-order chi connectivity index (χ0) is 27.8. The summed E-state index contributed by atoms with van der Waals surface area (Å²) in [6.07, 6.45) is 17.6. The van der Waals surface area contributed by atoms with Gasteiger partial charge in [0.05, 0.1) is 0 Å². The summed E-state index contributed by atoms with van der Waals surface area (Å²) in [4.78, 5) is 0. The van der Waals surface area contributed by atoms with Gasteiger partial charge < -0.3 is 14.0 Å². The largest absolute Gasteiger partial charge is 0.639 e. The zero-order valence-electron chi connectivity index (χ0n) is 24.7. The Balaban J connectivity index is 1.23. The third-order valence-electron chi connectivity index (χ3n) is 7.37. The molecule has 0 saturated heterocycles. The molecule has 0 radical (unpaired) electrons. The van der Waals surface area contributed by atoms with E-state index in [1.807, 2.05) is 0 Å². The van der Waals surface area contributed by atoms with Gasteiger partial charge >= 0.3 is 7.32 Å². The van der Waals surface area contributed by atoms with Gasteiger partial charge in [-0.25, -0.2) is 0 Å². The predicted octanol–water partition coefficient (Wildman–Crippen LogP) is 9.43. The minimum atomic E-state index is -0.530. The van der Waals surface area contributed by atoms with E-state index in [4.69, 9.17) is 14.0 Å². The molecule has 0 aliphatic carbocycles. The van der Waals surface area contributed by atoms with Crippen LogP contribution in [0.2, 0.25) is 0 Å². The van der Waals surface area contributed by atoms with Crippen molar-refractivity contribution in [2.24, 2.45) is 0 Å². The fourth-order valence-corrected chi connectivity index (χ4v) is 4.97. The van der Waals surface area contributed by atoms with Crippen molar-refractivity contribution in [2.75, 3.05) is 19.8 Å². The minimum absolute atomic E-state index is 0.530. The van der Waals surface area contributed by atoms with Crippen LogP contribution in [0, 0.1) is 0 Å². The van der Waals surface area contributed by atoms with Gasteiger partial charge in [-0.2, -0.15) is 0 Å². The number of rotatable bonds is 24. The Bertz CT molecular complexity index is 824. The molecule has 3 aromatic carbocycles. The minimum Gasteiger partial charge on any atom is -0.386 e. The van der Waals surface area contributed by atoms with E-state index in [-0.39, 0.29) is 0 Å². The van der Waals surface area contributed by atoms with Crippen molar-refractivity contribution in [1.29, 1.82) is 0 Å². The Morgan fingerprint density at radius 2 is 0.600 bits per heavy atom. The van der Waals surface area contributed by atoms with Crippen molar-refractivity contribution in [3.63, 3.8) is 0 Å². The van der Waals surface area contributed by atoms with E-state index < -0.39 is 7.32 Å². The smallest absolute Gasteiger partial charge is 0.386 e. The molecule has 0 N–H and O–H groups in total. The standard InChI is InChI=1S/C36H51BO3/c1(10-22-34-25-13-7-14-26-34)4-19-31-38-37(39-32-20-5-2-11-23-35-27-15-8-16-28-35)40-33-21-6-3-12-24-36-29-17-9-18-30-36/h7-9,13-18,25-30H,1-6,10-12,19-24,31-33H2. The van der Waals surface area contributed by atoms with Gasteiger partial charge in [0.2, 0.25) is 0 Å². The van der Waals surface area contributed by atoms with Crippen LogP contribution in [0.15, 0.2) is 91.0 Å². The third-order valence-corrected chi connectivity index (χ3v) is 7.37. The molecule has 40 heavy (non-hydrogen) atoms. The summed E-state index contributed by atoms with van der Waals surface area (Å²) in [5.74, 6) is 0. The van der Waals surface area contributed by atoms with Crippen molar-refractivity contribution >= 4 is 7.32 Å². The first-order chi connectivity index (χ1) is 19.9. The summed E-state index contributed by atoms with van der Waals surface area (Å²) in [6, 6.07) is 32.3. The lowest BCUT2D eigenvalue weighted by Gasteiger charge is -2.15. The van der Waals surface area contributed by atoms with E-state index in [2.05, 4.69) is 91.0 Å². The average Bonchev–Trinajstić information content (AvgIpc) is 3.00. The van der Waals surface area contributed by atoms with Gasteiger partial charge in [0, 0.05) is 19.8 Å². The van der Waals surface area contributed by atoms with Gasteiger partial charge in [0.1, 0.15) is 0 Å². The Morgan fingerprint density at radius 3 is 0.900 bits per heavy atom. The molecule has 4 heteroatoms. The molecule has 216 valence electrons. The van der Waals surface area contributed by atoms with E-state index in [1.54, 1.807) is 0 Å². The molecular formula is C36H51BO3. The lowest BCUT2D eigenvalue weighted by molar-refractivity contribution is 0.0886. The molecule has 0 fully saturated rings. The van der Waals surface area contributed by atoms with Gasteiger partial charge in [-0.3, -0.25) is 0 Å². The second-order valence-electron chi connectivity index (χ2n) is 10.9. The summed E-state index contributed by atoms with van der Waals surface area (Å²) in [7, 11) is -0.530. The molecule has 0 aliphatic heterocycles. The number of hydrogen-bond donors (Lipinski definition) is 0. The molecule has 0 bridgehead atoms. The molecule has 3 rings (SSSR count). The van der Waals surface area contributed by atoms with Crippen LogP contribution in [0.5, 0.6) is 0 Å². The number of benzene rings is 3. The second-order valence-corrected chi connectivity index (χ2v) is 10.9. The Morgan fingerprint density at radius 1 is 0.325 bits per heavy atom. The first kappa shape index (κ1) is 32.1. The van der Waals surface area contributed by atoms with Crippen LogP contribution in [-0.4, -0.2) is 27.1 Å². The molecule has 0 saturated carbocycles. The summed E-state index contributed by atoms with van der Waals surface area (Å²) >= 11 is 0. The van der Waals surface area contributed by atoms with Crippen LogP contribution in [0.4, 0.5) is 0 Å². The molecule has 0 heterocycles. The van der Waals surface area contributed by atoms with Crippen LogP contribution in [0.3, 0.4) is 0 Å². The Hall–Kier alpha value is -2.40. The van der Waals surface area contributed by atoms with E-state index in [0.717, 1.165) is 38.5 Å². The molecule has 0 unspecified atom stereocenters. The normalized spacial score (nSPS) is 11.1. The monoisotopic (exact) mass is 542 g/mol. The molecular weight excluding hydrogens is 491 g/mol. The number of hydrogen-bond acceptors (Lipinski definition) is 3. The van der Waals surface area contributed by atoms with Crippen molar-refractivity contribution in [1.82, 2.24) is 0 Å². The van der Waals surface area contributed by atoms with Gasteiger partial charge in [-0.05, 0) is 74.5 Å². The topological polar surface area (TPSA) is 27.7 Å². The highest BCUT2D eigenvalue weighted by molar-refractivity contribution is 6.36. The number of aryl methyl sites for hydroxylation is 3. The van der Waals surface area contributed by atoms with Gasteiger partial charge in [0.25, 0.3) is 0 Å². The van der Waals surface area contributed by atoms with E-state index in [9.17, 15) is 0 Å². The molecule has 0 aromatic heterocycles. The predicted molar refractivity (Wildman–Crippen MR) is 169 cm³/mol. The van der Waals surface area contributed by atoms with E-state index in [1.165, 1.54) is 74.5 Å². The summed E-state index contributed by atoms with van der Waals surface area (Å²) in [5, 5.41) is 0. The molecule has 0 atom stereocenters. The third kappa shape index (κ3) is 16.0. The Kier molecular flexibility index (Phi) is 17.9. The fourth-order valence-electron chi connectivity index (χ4n) is 4.97. The van der Waals surface area contributed by atoms with Gasteiger partial charge in [-0.15, -0.1) is 0 Å². The summed E-state index contributed by atoms with van der Waals surface area (Å²) in [6.45, 7) is 2.10.